The molecule has 0 saturated heterocycles. The maximum absolute atomic E-state index is 11.9. The van der Waals surface area contributed by atoms with Gasteiger partial charge in [0.05, 0.1) is 6.54 Å². The van der Waals surface area contributed by atoms with Crippen LogP contribution in [0.1, 0.15) is 50.0 Å². The van der Waals surface area contributed by atoms with Gasteiger partial charge in [0.15, 0.2) is 0 Å². The number of nitrogens with zero attached hydrogens (tertiary/aromatic N) is 1. The van der Waals surface area contributed by atoms with Gasteiger partial charge >= 0.3 is 0 Å². The first kappa shape index (κ1) is 14.6. The highest BCUT2D eigenvalue weighted by atomic mass is 79.9. The molecule has 1 fully saturated rings. The van der Waals surface area contributed by atoms with Gasteiger partial charge in [0.2, 0.25) is 5.91 Å². The molecule has 2 rings (SSSR count). The van der Waals surface area contributed by atoms with E-state index in [0.717, 1.165) is 35.6 Å². The Hall–Kier alpha value is -0.770. The van der Waals surface area contributed by atoms with E-state index in [9.17, 15) is 4.79 Å². The van der Waals surface area contributed by atoms with Gasteiger partial charge in [-0.05, 0) is 37.3 Å². The number of rotatable bonds is 7. The summed E-state index contributed by atoms with van der Waals surface area (Å²) in [7, 11) is 1.85. The molecule has 1 aromatic heterocycles. The molecule has 3 nitrogen and oxygen atoms in total. The standard InChI is InChI=1S/C15H22BrNO2/c1-11-9-13(11)14-7-6-12(19-14)10-17(2)15(18)5-3-4-8-16/h6-7,11,13H,3-5,8-10H2,1-2H3. The van der Waals surface area contributed by atoms with Gasteiger partial charge in [-0.2, -0.15) is 0 Å². The zero-order chi connectivity index (χ0) is 13.8. The van der Waals surface area contributed by atoms with Crippen LogP contribution >= 0.6 is 15.9 Å². The molecule has 106 valence electrons. The van der Waals surface area contributed by atoms with Gasteiger partial charge in [0.1, 0.15) is 11.5 Å². The molecule has 1 aromatic rings. The number of halogens is 1. The van der Waals surface area contributed by atoms with Crippen LogP contribution in [0.5, 0.6) is 0 Å². The van der Waals surface area contributed by atoms with Gasteiger partial charge in [-0.1, -0.05) is 22.9 Å². The zero-order valence-corrected chi connectivity index (χ0v) is 13.3. The molecule has 2 atom stereocenters. The molecule has 0 radical (unpaired) electrons. The molecule has 1 saturated carbocycles. The van der Waals surface area contributed by atoms with Crippen LogP contribution in [0.25, 0.3) is 0 Å². The van der Waals surface area contributed by atoms with E-state index in [-0.39, 0.29) is 5.91 Å². The monoisotopic (exact) mass is 327 g/mol. The maximum Gasteiger partial charge on any atom is 0.222 e. The van der Waals surface area contributed by atoms with Crippen LogP contribution in [0.2, 0.25) is 0 Å². The molecular formula is C15H22BrNO2. The molecule has 0 N–H and O–H groups in total. The topological polar surface area (TPSA) is 33.5 Å². The van der Waals surface area contributed by atoms with Crippen molar-refractivity contribution < 1.29 is 9.21 Å². The van der Waals surface area contributed by atoms with E-state index >= 15 is 0 Å². The van der Waals surface area contributed by atoms with Crippen LogP contribution in [0, 0.1) is 5.92 Å². The molecule has 19 heavy (non-hydrogen) atoms. The van der Waals surface area contributed by atoms with Crippen LogP contribution < -0.4 is 0 Å². The van der Waals surface area contributed by atoms with Gasteiger partial charge < -0.3 is 9.32 Å². The number of carbonyl (C=O) groups excluding carboxylic acids is 1. The highest BCUT2D eigenvalue weighted by molar-refractivity contribution is 9.09. The van der Waals surface area contributed by atoms with Crippen molar-refractivity contribution in [3.63, 3.8) is 0 Å². The van der Waals surface area contributed by atoms with Gasteiger partial charge in [-0.3, -0.25) is 4.79 Å². The summed E-state index contributed by atoms with van der Waals surface area (Å²) < 4.78 is 5.82. The lowest BCUT2D eigenvalue weighted by atomic mass is 10.2. The van der Waals surface area contributed by atoms with Crippen LogP contribution in [-0.2, 0) is 11.3 Å². The van der Waals surface area contributed by atoms with Crippen molar-refractivity contribution in [1.82, 2.24) is 4.90 Å². The fraction of sp³-hybridized carbons (Fsp3) is 0.667. The summed E-state index contributed by atoms with van der Waals surface area (Å²) in [6, 6.07) is 4.06. The minimum Gasteiger partial charge on any atom is -0.464 e. The van der Waals surface area contributed by atoms with Crippen molar-refractivity contribution in [3.05, 3.63) is 23.7 Å². The van der Waals surface area contributed by atoms with E-state index in [4.69, 9.17) is 4.42 Å². The minimum absolute atomic E-state index is 0.193. The lowest BCUT2D eigenvalue weighted by molar-refractivity contribution is -0.130. The molecule has 1 amide bonds. The Morgan fingerprint density at radius 1 is 1.47 bits per heavy atom. The number of unbranched alkanes of at least 4 members (excludes halogenated alkanes) is 1. The van der Waals surface area contributed by atoms with Crippen molar-refractivity contribution in [3.8, 4) is 0 Å². The first-order valence-electron chi connectivity index (χ1n) is 7.00. The van der Waals surface area contributed by atoms with Crippen LogP contribution in [0.4, 0.5) is 0 Å². The SMILES string of the molecule is CC1CC1c1ccc(CN(C)C(=O)CCCCBr)o1. The Kier molecular flexibility index (Phi) is 5.08. The largest absolute Gasteiger partial charge is 0.464 e. The predicted molar refractivity (Wildman–Crippen MR) is 79.3 cm³/mol. The van der Waals surface area contributed by atoms with Gasteiger partial charge in [-0.25, -0.2) is 0 Å². The molecule has 1 heterocycles. The maximum atomic E-state index is 11.9. The van der Waals surface area contributed by atoms with Crippen LogP contribution in [-0.4, -0.2) is 23.2 Å². The van der Waals surface area contributed by atoms with Gasteiger partial charge in [0.25, 0.3) is 0 Å². The normalized spacial score (nSPS) is 21.4. The summed E-state index contributed by atoms with van der Waals surface area (Å²) in [5.41, 5.74) is 0. The van der Waals surface area contributed by atoms with E-state index in [2.05, 4.69) is 28.9 Å². The Labute approximate surface area is 123 Å². The summed E-state index contributed by atoms with van der Waals surface area (Å²) in [6.07, 6.45) is 3.84. The van der Waals surface area contributed by atoms with E-state index in [1.807, 2.05) is 13.1 Å². The minimum atomic E-state index is 0.193. The van der Waals surface area contributed by atoms with E-state index in [1.165, 1.54) is 6.42 Å². The third-order valence-corrected chi connectivity index (χ3v) is 4.31. The number of furan rings is 1. The molecule has 4 heteroatoms. The van der Waals surface area contributed by atoms with E-state index in [1.54, 1.807) is 4.90 Å². The fourth-order valence-electron chi connectivity index (χ4n) is 2.28. The van der Waals surface area contributed by atoms with Crippen molar-refractivity contribution in [2.75, 3.05) is 12.4 Å². The van der Waals surface area contributed by atoms with Crippen molar-refractivity contribution >= 4 is 21.8 Å². The zero-order valence-electron chi connectivity index (χ0n) is 11.7. The van der Waals surface area contributed by atoms with Crippen LogP contribution in [0.3, 0.4) is 0 Å². The molecule has 0 aromatic carbocycles. The molecule has 2 unspecified atom stereocenters. The average molecular weight is 328 g/mol. The Morgan fingerprint density at radius 2 is 2.21 bits per heavy atom. The lowest BCUT2D eigenvalue weighted by Crippen LogP contribution is -2.25. The first-order chi connectivity index (χ1) is 9.11. The summed E-state index contributed by atoms with van der Waals surface area (Å²) in [5.74, 6) is 3.53. The number of hydrogen-bond donors (Lipinski definition) is 0. The smallest absolute Gasteiger partial charge is 0.222 e. The highest BCUT2D eigenvalue weighted by Gasteiger charge is 2.36. The number of hydrogen-bond acceptors (Lipinski definition) is 2. The van der Waals surface area contributed by atoms with E-state index in [0.29, 0.717) is 18.9 Å². The Bertz CT molecular complexity index is 430. The van der Waals surface area contributed by atoms with Gasteiger partial charge in [0, 0.05) is 24.7 Å². The Balaban J connectivity index is 1.79. The molecule has 0 aliphatic heterocycles. The molecule has 0 bridgehead atoms. The second-order valence-corrected chi connectivity index (χ2v) is 6.31. The van der Waals surface area contributed by atoms with Crippen molar-refractivity contribution in [1.29, 1.82) is 0 Å². The first-order valence-corrected chi connectivity index (χ1v) is 8.12. The number of amides is 1. The number of carbonyl (C=O) groups is 1. The average Bonchev–Trinajstić information content (AvgIpc) is 2.93. The molecular weight excluding hydrogens is 306 g/mol. The third kappa shape index (κ3) is 4.10. The van der Waals surface area contributed by atoms with Crippen LogP contribution in [0.15, 0.2) is 16.5 Å². The van der Waals surface area contributed by atoms with Crippen molar-refractivity contribution in [2.45, 2.75) is 45.1 Å². The van der Waals surface area contributed by atoms with E-state index < -0.39 is 0 Å². The number of alkyl halides is 1. The third-order valence-electron chi connectivity index (χ3n) is 3.75. The lowest BCUT2D eigenvalue weighted by Gasteiger charge is -2.15. The quantitative estimate of drug-likeness (QED) is 0.561. The summed E-state index contributed by atoms with van der Waals surface area (Å²) in [4.78, 5) is 13.7. The predicted octanol–water partition coefficient (Wildman–Crippen LogP) is 3.93. The fourth-order valence-corrected chi connectivity index (χ4v) is 2.68. The summed E-state index contributed by atoms with van der Waals surface area (Å²) in [6.45, 7) is 2.82. The Morgan fingerprint density at radius 3 is 2.84 bits per heavy atom. The molecule has 1 aliphatic rings. The molecule has 0 spiro atoms. The second-order valence-electron chi connectivity index (χ2n) is 5.52. The highest BCUT2D eigenvalue weighted by Crippen LogP contribution is 2.47. The summed E-state index contributed by atoms with van der Waals surface area (Å²) >= 11 is 3.38. The van der Waals surface area contributed by atoms with Gasteiger partial charge in [-0.15, -0.1) is 0 Å². The van der Waals surface area contributed by atoms with Crippen molar-refractivity contribution in [2.24, 2.45) is 5.92 Å². The summed E-state index contributed by atoms with van der Waals surface area (Å²) in [5, 5.41) is 0.963. The molecule has 1 aliphatic carbocycles. The second kappa shape index (κ2) is 6.60.